The summed E-state index contributed by atoms with van der Waals surface area (Å²) in [6.07, 6.45) is 0. The van der Waals surface area contributed by atoms with E-state index in [2.05, 4.69) is 29.6 Å². The predicted molar refractivity (Wildman–Crippen MR) is 54.1 cm³/mol. The molecule has 0 atom stereocenters. The van der Waals surface area contributed by atoms with E-state index in [1.54, 1.807) is 0 Å². The molecule has 0 fully saturated rings. The molecule has 0 saturated carbocycles. The molecule has 0 saturated heterocycles. The van der Waals surface area contributed by atoms with Gasteiger partial charge in [0.15, 0.2) is 0 Å². The molecule has 4 nitrogen and oxygen atoms in total. The van der Waals surface area contributed by atoms with E-state index in [1.165, 1.54) is 0 Å². The van der Waals surface area contributed by atoms with Crippen LogP contribution in [-0.4, -0.2) is 21.9 Å². The van der Waals surface area contributed by atoms with Crippen molar-refractivity contribution in [1.29, 1.82) is 0 Å². The van der Waals surface area contributed by atoms with Crippen molar-refractivity contribution < 1.29 is 0 Å². The highest BCUT2D eigenvalue weighted by atomic mass is 15.4. The second-order valence-electron chi connectivity index (χ2n) is 4.30. The molecule has 2 heterocycles. The first kappa shape index (κ1) is 8.41. The van der Waals surface area contributed by atoms with Gasteiger partial charge in [-0.25, -0.2) is 0 Å². The van der Waals surface area contributed by atoms with Crippen LogP contribution in [-0.2, 0) is 7.05 Å². The maximum atomic E-state index is 4.35. The second kappa shape index (κ2) is 2.40. The van der Waals surface area contributed by atoms with Crippen LogP contribution in [0, 0.1) is 6.92 Å². The summed E-state index contributed by atoms with van der Waals surface area (Å²) in [6, 6.07) is 0. The molecule has 13 heavy (non-hydrogen) atoms. The Bertz CT molecular complexity index is 338. The molecule has 1 aliphatic heterocycles. The predicted octanol–water partition coefficient (Wildman–Crippen LogP) is 1.34. The van der Waals surface area contributed by atoms with E-state index >= 15 is 0 Å². The molecule has 72 valence electrons. The molecule has 2 N–H and O–H groups in total. The molecule has 0 unspecified atom stereocenters. The third-order valence-electron chi connectivity index (χ3n) is 2.39. The van der Waals surface area contributed by atoms with Crippen LogP contribution in [0.4, 0.5) is 11.5 Å². The Balaban J connectivity index is 2.45. The van der Waals surface area contributed by atoms with Crippen molar-refractivity contribution in [3.63, 3.8) is 0 Å². The number of anilines is 2. The summed E-state index contributed by atoms with van der Waals surface area (Å²) in [5.74, 6) is 1.09. The van der Waals surface area contributed by atoms with E-state index in [4.69, 9.17) is 0 Å². The fourth-order valence-corrected chi connectivity index (χ4v) is 1.69. The van der Waals surface area contributed by atoms with Crippen molar-refractivity contribution >= 4 is 11.5 Å². The van der Waals surface area contributed by atoms with Gasteiger partial charge in [-0.05, 0) is 20.8 Å². The molecule has 1 aromatic heterocycles. The van der Waals surface area contributed by atoms with Crippen LogP contribution in [0.5, 0.6) is 0 Å². The first-order chi connectivity index (χ1) is 5.99. The van der Waals surface area contributed by atoms with Gasteiger partial charge < -0.3 is 10.6 Å². The van der Waals surface area contributed by atoms with E-state index in [9.17, 15) is 0 Å². The van der Waals surface area contributed by atoms with Crippen LogP contribution >= 0.6 is 0 Å². The van der Waals surface area contributed by atoms with Crippen LogP contribution < -0.4 is 10.6 Å². The Hall–Kier alpha value is -1.19. The van der Waals surface area contributed by atoms with Gasteiger partial charge in [0.1, 0.15) is 11.5 Å². The van der Waals surface area contributed by atoms with Crippen molar-refractivity contribution in [2.75, 3.05) is 17.2 Å². The minimum atomic E-state index is 0.104. The molecule has 0 aromatic carbocycles. The van der Waals surface area contributed by atoms with Crippen molar-refractivity contribution in [3.8, 4) is 0 Å². The standard InChI is InChI=1S/C9H16N4/c1-6-7-8(13(4)12-6)11-9(2,3)5-10-7/h10-11H,5H2,1-4H3. The van der Waals surface area contributed by atoms with Crippen molar-refractivity contribution in [1.82, 2.24) is 9.78 Å². The summed E-state index contributed by atoms with van der Waals surface area (Å²) in [5.41, 5.74) is 2.30. The van der Waals surface area contributed by atoms with Gasteiger partial charge in [0.05, 0.1) is 11.2 Å². The van der Waals surface area contributed by atoms with Gasteiger partial charge in [0.2, 0.25) is 0 Å². The number of hydrogen-bond donors (Lipinski definition) is 2. The van der Waals surface area contributed by atoms with E-state index < -0.39 is 0 Å². The van der Waals surface area contributed by atoms with Crippen LogP contribution in [0.25, 0.3) is 0 Å². The Morgan fingerprint density at radius 3 is 2.85 bits per heavy atom. The third-order valence-corrected chi connectivity index (χ3v) is 2.39. The first-order valence-electron chi connectivity index (χ1n) is 4.55. The Morgan fingerprint density at radius 2 is 2.15 bits per heavy atom. The Morgan fingerprint density at radius 1 is 1.46 bits per heavy atom. The lowest BCUT2D eigenvalue weighted by Gasteiger charge is -2.33. The molecule has 1 aromatic rings. The quantitative estimate of drug-likeness (QED) is 0.633. The molecule has 0 radical (unpaired) electrons. The molecule has 0 spiro atoms. The van der Waals surface area contributed by atoms with Gasteiger partial charge in [-0.15, -0.1) is 0 Å². The molecule has 4 heteroatoms. The van der Waals surface area contributed by atoms with E-state index in [-0.39, 0.29) is 5.54 Å². The summed E-state index contributed by atoms with van der Waals surface area (Å²) >= 11 is 0. The average molecular weight is 180 g/mol. The fraction of sp³-hybridized carbons (Fsp3) is 0.667. The largest absolute Gasteiger partial charge is 0.378 e. The third kappa shape index (κ3) is 1.26. The van der Waals surface area contributed by atoms with Crippen molar-refractivity contribution in [2.45, 2.75) is 26.3 Å². The Labute approximate surface area is 78.3 Å². The minimum absolute atomic E-state index is 0.104. The van der Waals surface area contributed by atoms with Crippen LogP contribution in [0.3, 0.4) is 0 Å². The normalized spacial score (nSPS) is 18.8. The zero-order valence-electron chi connectivity index (χ0n) is 8.60. The molecule has 2 rings (SSSR count). The highest BCUT2D eigenvalue weighted by Crippen LogP contribution is 2.31. The number of aromatic nitrogens is 2. The van der Waals surface area contributed by atoms with Crippen molar-refractivity contribution in [2.24, 2.45) is 7.05 Å². The Kier molecular flexibility index (Phi) is 1.55. The van der Waals surface area contributed by atoms with Gasteiger partial charge in [0.25, 0.3) is 0 Å². The lowest BCUT2D eigenvalue weighted by molar-refractivity contribution is 0.576. The number of fused-ring (bicyclic) bond motifs is 1. The monoisotopic (exact) mass is 180 g/mol. The van der Waals surface area contributed by atoms with Crippen LogP contribution in [0.1, 0.15) is 19.5 Å². The topological polar surface area (TPSA) is 41.9 Å². The molecule has 1 aliphatic rings. The highest BCUT2D eigenvalue weighted by molar-refractivity contribution is 5.71. The summed E-state index contributed by atoms with van der Waals surface area (Å²) in [6.45, 7) is 7.30. The molecular formula is C9H16N4. The molecule has 0 amide bonds. The maximum absolute atomic E-state index is 4.35. The van der Waals surface area contributed by atoms with E-state index in [0.29, 0.717) is 0 Å². The number of hydrogen-bond acceptors (Lipinski definition) is 3. The zero-order valence-corrected chi connectivity index (χ0v) is 8.60. The number of rotatable bonds is 0. The van der Waals surface area contributed by atoms with E-state index in [1.807, 2.05) is 18.7 Å². The number of aryl methyl sites for hydroxylation is 2. The number of nitrogens with zero attached hydrogens (tertiary/aromatic N) is 2. The molecular weight excluding hydrogens is 164 g/mol. The van der Waals surface area contributed by atoms with Crippen molar-refractivity contribution in [3.05, 3.63) is 5.69 Å². The number of nitrogens with one attached hydrogen (secondary N) is 2. The smallest absolute Gasteiger partial charge is 0.148 e. The summed E-state index contributed by atoms with van der Waals surface area (Å²) in [4.78, 5) is 0. The SMILES string of the molecule is Cc1nn(C)c2c1NCC(C)(C)N2. The van der Waals surface area contributed by atoms with E-state index in [0.717, 1.165) is 23.7 Å². The van der Waals surface area contributed by atoms with Gasteiger partial charge in [-0.3, -0.25) is 4.68 Å². The van der Waals surface area contributed by atoms with Gasteiger partial charge in [-0.1, -0.05) is 0 Å². The molecule has 0 bridgehead atoms. The summed E-state index contributed by atoms with van der Waals surface area (Å²) in [7, 11) is 1.96. The lowest BCUT2D eigenvalue weighted by Crippen LogP contribution is -2.42. The summed E-state index contributed by atoms with van der Waals surface area (Å²) < 4.78 is 1.89. The van der Waals surface area contributed by atoms with Gasteiger partial charge >= 0.3 is 0 Å². The fourth-order valence-electron chi connectivity index (χ4n) is 1.69. The van der Waals surface area contributed by atoms with Gasteiger partial charge in [-0.2, -0.15) is 5.10 Å². The maximum Gasteiger partial charge on any atom is 0.148 e. The first-order valence-corrected chi connectivity index (χ1v) is 4.55. The second-order valence-corrected chi connectivity index (χ2v) is 4.30. The summed E-state index contributed by atoms with van der Waals surface area (Å²) in [5, 5.41) is 11.2. The zero-order chi connectivity index (χ0) is 9.64. The van der Waals surface area contributed by atoms with Crippen LogP contribution in [0.15, 0.2) is 0 Å². The lowest BCUT2D eigenvalue weighted by atomic mass is 10.0. The van der Waals surface area contributed by atoms with Crippen LogP contribution in [0.2, 0.25) is 0 Å². The minimum Gasteiger partial charge on any atom is -0.378 e. The van der Waals surface area contributed by atoms with Gasteiger partial charge in [0, 0.05) is 13.6 Å². The highest BCUT2D eigenvalue weighted by Gasteiger charge is 2.27. The molecule has 0 aliphatic carbocycles. The average Bonchev–Trinajstić information content (AvgIpc) is 2.26.